The summed E-state index contributed by atoms with van der Waals surface area (Å²) in [6, 6.07) is 0. The number of hydrogen-bond donors (Lipinski definition) is 0. The lowest BCUT2D eigenvalue weighted by molar-refractivity contribution is -0.159. The third-order valence-corrected chi connectivity index (χ3v) is 2.30. The number of carbonyl (C=O) groups excluding carboxylic acids is 2. The van der Waals surface area contributed by atoms with Crippen molar-refractivity contribution in [2.45, 2.75) is 45.8 Å². The number of alkyl halides is 1. The first-order valence-electron chi connectivity index (χ1n) is 4.69. The van der Waals surface area contributed by atoms with Gasteiger partial charge in [-0.1, -0.05) is 22.6 Å². The van der Waals surface area contributed by atoms with Gasteiger partial charge in [-0.25, -0.2) is 0 Å². The Morgan fingerprint density at radius 3 is 2.20 bits per heavy atom. The Labute approximate surface area is 104 Å². The molecule has 0 aliphatic rings. The van der Waals surface area contributed by atoms with Gasteiger partial charge in [0.2, 0.25) is 0 Å². The molecule has 0 aromatic rings. The van der Waals surface area contributed by atoms with Crippen molar-refractivity contribution in [3.8, 4) is 0 Å². The minimum absolute atomic E-state index is 0.111. The van der Waals surface area contributed by atoms with Gasteiger partial charge >= 0.3 is 11.9 Å². The Kier molecular flexibility index (Phi) is 6.16. The molecule has 0 aliphatic carbocycles. The molecule has 0 heterocycles. The van der Waals surface area contributed by atoms with Gasteiger partial charge in [-0.15, -0.1) is 0 Å². The van der Waals surface area contributed by atoms with Gasteiger partial charge in [0, 0.05) is 11.4 Å². The van der Waals surface area contributed by atoms with Crippen LogP contribution in [0.2, 0.25) is 0 Å². The first kappa shape index (κ1) is 14.7. The van der Waals surface area contributed by atoms with Crippen molar-refractivity contribution in [3.63, 3.8) is 0 Å². The second-order valence-corrected chi connectivity index (χ2v) is 5.06. The van der Waals surface area contributed by atoms with E-state index in [2.05, 4.69) is 22.6 Å². The van der Waals surface area contributed by atoms with Gasteiger partial charge in [-0.05, 0) is 20.8 Å². The molecule has 5 heteroatoms. The molecule has 0 saturated heterocycles. The van der Waals surface area contributed by atoms with Crippen molar-refractivity contribution in [2.75, 3.05) is 4.43 Å². The minimum atomic E-state index is -0.497. The third kappa shape index (κ3) is 8.65. The van der Waals surface area contributed by atoms with Gasteiger partial charge in [0.1, 0.15) is 11.7 Å². The molecule has 0 saturated carbocycles. The van der Waals surface area contributed by atoms with Crippen LogP contribution in [0.4, 0.5) is 0 Å². The average molecular weight is 328 g/mol. The summed E-state index contributed by atoms with van der Waals surface area (Å²) >= 11 is 2.07. The maximum atomic E-state index is 11.4. The van der Waals surface area contributed by atoms with Crippen LogP contribution in [-0.2, 0) is 19.1 Å². The highest BCUT2D eigenvalue weighted by molar-refractivity contribution is 14.1. The molecular weight excluding hydrogens is 311 g/mol. The van der Waals surface area contributed by atoms with E-state index in [4.69, 9.17) is 9.47 Å². The van der Waals surface area contributed by atoms with Crippen molar-refractivity contribution < 1.29 is 19.1 Å². The molecule has 88 valence electrons. The van der Waals surface area contributed by atoms with Crippen LogP contribution in [0.3, 0.4) is 0 Å². The van der Waals surface area contributed by atoms with Gasteiger partial charge in [0.15, 0.2) is 0 Å². The Balaban J connectivity index is 4.07. The van der Waals surface area contributed by atoms with Crippen LogP contribution in [0.1, 0.15) is 34.1 Å². The molecule has 0 fully saturated rings. The zero-order valence-corrected chi connectivity index (χ0v) is 11.7. The van der Waals surface area contributed by atoms with Crippen molar-refractivity contribution in [1.29, 1.82) is 0 Å². The quantitative estimate of drug-likeness (QED) is 0.450. The standard InChI is InChI=1S/C10H17IO4/c1-7(12)14-8(6-11)5-9(13)15-10(2,3)4/h8H,5-6H2,1-4H3. The molecule has 1 atom stereocenters. The predicted octanol–water partition coefficient (Wildman–Crippen LogP) is 2.08. The largest absolute Gasteiger partial charge is 0.461 e. The molecule has 0 N–H and O–H groups in total. The summed E-state index contributed by atoms with van der Waals surface area (Å²) in [5.41, 5.74) is -0.497. The van der Waals surface area contributed by atoms with Crippen LogP contribution >= 0.6 is 22.6 Å². The smallest absolute Gasteiger partial charge is 0.310 e. The summed E-state index contributed by atoms with van der Waals surface area (Å²) in [6.07, 6.45) is -0.280. The zero-order valence-electron chi connectivity index (χ0n) is 9.50. The van der Waals surface area contributed by atoms with E-state index in [1.165, 1.54) is 6.92 Å². The van der Waals surface area contributed by atoms with Gasteiger partial charge in [-0.3, -0.25) is 9.59 Å². The lowest BCUT2D eigenvalue weighted by Crippen LogP contribution is -2.28. The lowest BCUT2D eigenvalue weighted by atomic mass is 10.2. The number of carbonyl (C=O) groups is 2. The van der Waals surface area contributed by atoms with Crippen molar-refractivity contribution in [3.05, 3.63) is 0 Å². The molecular formula is C10H17IO4. The van der Waals surface area contributed by atoms with Crippen molar-refractivity contribution >= 4 is 34.5 Å². The fourth-order valence-electron chi connectivity index (χ4n) is 0.931. The second-order valence-electron chi connectivity index (χ2n) is 4.18. The Morgan fingerprint density at radius 2 is 1.87 bits per heavy atom. The third-order valence-electron chi connectivity index (χ3n) is 1.32. The number of hydrogen-bond acceptors (Lipinski definition) is 4. The normalized spacial score (nSPS) is 13.1. The molecule has 4 nitrogen and oxygen atoms in total. The van der Waals surface area contributed by atoms with E-state index >= 15 is 0 Å². The Morgan fingerprint density at radius 1 is 1.33 bits per heavy atom. The Bertz CT molecular complexity index is 232. The highest BCUT2D eigenvalue weighted by Crippen LogP contribution is 2.11. The monoisotopic (exact) mass is 328 g/mol. The van der Waals surface area contributed by atoms with Crippen LogP contribution in [0.5, 0.6) is 0 Å². The minimum Gasteiger partial charge on any atom is -0.461 e. The van der Waals surface area contributed by atoms with Crippen LogP contribution in [0.15, 0.2) is 0 Å². The zero-order chi connectivity index (χ0) is 12.1. The molecule has 0 aromatic carbocycles. The SMILES string of the molecule is CC(=O)OC(CI)CC(=O)OC(C)(C)C. The summed E-state index contributed by atoms with van der Waals surface area (Å²) in [4.78, 5) is 22.1. The summed E-state index contributed by atoms with van der Waals surface area (Å²) in [6.45, 7) is 6.73. The van der Waals surface area contributed by atoms with E-state index in [0.717, 1.165) is 0 Å². The fraction of sp³-hybridized carbons (Fsp3) is 0.800. The molecule has 0 amide bonds. The van der Waals surface area contributed by atoms with E-state index in [1.807, 2.05) is 0 Å². The number of ether oxygens (including phenoxy) is 2. The van der Waals surface area contributed by atoms with Crippen LogP contribution < -0.4 is 0 Å². The highest BCUT2D eigenvalue weighted by Gasteiger charge is 2.21. The topological polar surface area (TPSA) is 52.6 Å². The second kappa shape index (κ2) is 6.30. The van der Waals surface area contributed by atoms with Crippen molar-refractivity contribution in [1.82, 2.24) is 0 Å². The summed E-state index contributed by atoms with van der Waals surface area (Å²) in [5.74, 6) is -0.717. The number of halogens is 1. The van der Waals surface area contributed by atoms with E-state index in [-0.39, 0.29) is 18.4 Å². The average Bonchev–Trinajstić information content (AvgIpc) is 1.98. The molecule has 0 rings (SSSR count). The van der Waals surface area contributed by atoms with Crippen LogP contribution in [0, 0.1) is 0 Å². The molecule has 0 aromatic heterocycles. The summed E-state index contributed by atoms with van der Waals surface area (Å²) in [7, 11) is 0. The molecule has 0 spiro atoms. The van der Waals surface area contributed by atoms with Crippen molar-refractivity contribution in [2.24, 2.45) is 0 Å². The fourth-order valence-corrected chi connectivity index (χ4v) is 1.42. The molecule has 1 unspecified atom stereocenters. The maximum absolute atomic E-state index is 11.4. The van der Waals surface area contributed by atoms with E-state index in [1.54, 1.807) is 20.8 Å². The van der Waals surface area contributed by atoms with Gasteiger partial charge in [-0.2, -0.15) is 0 Å². The summed E-state index contributed by atoms with van der Waals surface area (Å²) in [5, 5.41) is 0. The molecule has 0 bridgehead atoms. The number of rotatable bonds is 4. The van der Waals surface area contributed by atoms with E-state index in [0.29, 0.717) is 4.43 Å². The molecule has 0 aliphatic heterocycles. The van der Waals surface area contributed by atoms with Crippen LogP contribution in [0.25, 0.3) is 0 Å². The molecule has 0 radical (unpaired) electrons. The first-order chi connectivity index (χ1) is 6.74. The lowest BCUT2D eigenvalue weighted by Gasteiger charge is -2.21. The molecule has 15 heavy (non-hydrogen) atoms. The van der Waals surface area contributed by atoms with E-state index in [9.17, 15) is 9.59 Å². The predicted molar refractivity (Wildman–Crippen MR) is 64.9 cm³/mol. The Hall–Kier alpha value is -0.330. The summed E-state index contributed by atoms with van der Waals surface area (Å²) < 4.78 is 10.6. The highest BCUT2D eigenvalue weighted by atomic mass is 127. The van der Waals surface area contributed by atoms with Gasteiger partial charge in [0.05, 0.1) is 6.42 Å². The first-order valence-corrected chi connectivity index (χ1v) is 6.22. The number of esters is 2. The maximum Gasteiger partial charge on any atom is 0.310 e. The van der Waals surface area contributed by atoms with Gasteiger partial charge < -0.3 is 9.47 Å². The van der Waals surface area contributed by atoms with Gasteiger partial charge in [0.25, 0.3) is 0 Å². The van der Waals surface area contributed by atoms with E-state index < -0.39 is 11.7 Å². The van der Waals surface area contributed by atoms with Crippen LogP contribution in [-0.4, -0.2) is 28.1 Å².